The van der Waals surface area contributed by atoms with Gasteiger partial charge in [-0.25, -0.2) is 4.79 Å². The predicted molar refractivity (Wildman–Crippen MR) is 83.1 cm³/mol. The highest BCUT2D eigenvalue weighted by atomic mass is 16.5. The Hall–Kier alpha value is -2.80. The van der Waals surface area contributed by atoms with Crippen LogP contribution in [0.3, 0.4) is 0 Å². The molecule has 7 nitrogen and oxygen atoms in total. The van der Waals surface area contributed by atoms with Gasteiger partial charge in [0, 0.05) is 19.3 Å². The molecule has 0 saturated carbocycles. The first kappa shape index (κ1) is 16.6. The topological polar surface area (TPSA) is 89.8 Å². The summed E-state index contributed by atoms with van der Waals surface area (Å²) in [6.07, 6.45) is -0.532. The van der Waals surface area contributed by atoms with E-state index in [0.717, 1.165) is 5.56 Å². The Morgan fingerprint density at radius 2 is 1.83 bits per heavy atom. The maximum atomic E-state index is 12.0. The van der Waals surface area contributed by atoms with Crippen molar-refractivity contribution in [1.82, 2.24) is 5.32 Å². The van der Waals surface area contributed by atoms with Crippen LogP contribution >= 0.6 is 0 Å². The molecule has 0 fully saturated rings. The number of carbonyl (C=O) groups is 2. The maximum Gasteiger partial charge on any atom is 0.411 e. The van der Waals surface area contributed by atoms with Crippen LogP contribution in [0.25, 0.3) is 0 Å². The van der Waals surface area contributed by atoms with Crippen molar-refractivity contribution in [3.05, 3.63) is 53.5 Å². The van der Waals surface area contributed by atoms with E-state index in [-0.39, 0.29) is 11.7 Å². The van der Waals surface area contributed by atoms with Gasteiger partial charge in [-0.05, 0) is 29.8 Å². The van der Waals surface area contributed by atoms with Crippen LogP contribution < -0.4 is 10.6 Å². The summed E-state index contributed by atoms with van der Waals surface area (Å²) in [6.45, 7) is 0.666. The highest BCUT2D eigenvalue weighted by Gasteiger charge is 2.10. The minimum absolute atomic E-state index is 0.237. The van der Waals surface area contributed by atoms with Crippen LogP contribution in [-0.2, 0) is 22.6 Å². The van der Waals surface area contributed by atoms with E-state index >= 15 is 0 Å². The third kappa shape index (κ3) is 4.86. The fourth-order valence-electron chi connectivity index (χ4n) is 1.86. The number of methoxy groups -OCH3 is 2. The summed E-state index contributed by atoms with van der Waals surface area (Å²) >= 11 is 0. The van der Waals surface area contributed by atoms with E-state index < -0.39 is 6.09 Å². The van der Waals surface area contributed by atoms with Gasteiger partial charge in [0.25, 0.3) is 5.91 Å². The average molecular weight is 318 g/mol. The average Bonchev–Trinajstić information content (AvgIpc) is 3.03. The third-order valence-corrected chi connectivity index (χ3v) is 3.01. The highest BCUT2D eigenvalue weighted by molar-refractivity contribution is 5.91. The lowest BCUT2D eigenvalue weighted by atomic mass is 10.2. The molecule has 0 radical (unpaired) electrons. The number of hydrogen-bond acceptors (Lipinski definition) is 5. The van der Waals surface area contributed by atoms with E-state index in [2.05, 4.69) is 15.4 Å². The molecule has 0 aliphatic rings. The number of furan rings is 1. The van der Waals surface area contributed by atoms with E-state index in [1.807, 2.05) is 0 Å². The second kappa shape index (κ2) is 8.00. The zero-order chi connectivity index (χ0) is 16.7. The van der Waals surface area contributed by atoms with Gasteiger partial charge in [0.1, 0.15) is 12.4 Å². The summed E-state index contributed by atoms with van der Waals surface area (Å²) in [6, 6.07) is 10.3. The zero-order valence-electron chi connectivity index (χ0n) is 12.9. The molecule has 23 heavy (non-hydrogen) atoms. The summed E-state index contributed by atoms with van der Waals surface area (Å²) < 4.78 is 14.8. The molecule has 0 aliphatic carbocycles. The van der Waals surface area contributed by atoms with Crippen molar-refractivity contribution < 1.29 is 23.5 Å². The van der Waals surface area contributed by atoms with Gasteiger partial charge in [-0.15, -0.1) is 0 Å². The first-order valence-electron chi connectivity index (χ1n) is 6.92. The van der Waals surface area contributed by atoms with Crippen LogP contribution in [0, 0.1) is 0 Å². The van der Waals surface area contributed by atoms with Crippen LogP contribution in [-0.4, -0.2) is 26.2 Å². The van der Waals surface area contributed by atoms with Gasteiger partial charge in [0.15, 0.2) is 5.76 Å². The summed E-state index contributed by atoms with van der Waals surface area (Å²) in [4.78, 5) is 23.0. The standard InChI is InChI=1S/C16H18N2O5/c1-21-10-13-7-8-14(23-13)15(19)17-9-11-3-5-12(6-4-11)18-16(20)22-2/h3-8H,9-10H2,1-2H3,(H,17,19)(H,18,20). The van der Waals surface area contributed by atoms with Crippen LogP contribution in [0.1, 0.15) is 21.9 Å². The molecule has 7 heteroatoms. The first-order valence-corrected chi connectivity index (χ1v) is 6.92. The van der Waals surface area contributed by atoms with Crippen molar-refractivity contribution in [2.24, 2.45) is 0 Å². The second-order valence-electron chi connectivity index (χ2n) is 4.70. The molecule has 2 amide bonds. The number of benzene rings is 1. The number of nitrogens with one attached hydrogen (secondary N) is 2. The van der Waals surface area contributed by atoms with Crippen LogP contribution in [0.15, 0.2) is 40.8 Å². The van der Waals surface area contributed by atoms with E-state index in [4.69, 9.17) is 9.15 Å². The summed E-state index contributed by atoms with van der Waals surface area (Å²) in [5.74, 6) is 0.529. The van der Waals surface area contributed by atoms with Gasteiger partial charge in [0.2, 0.25) is 0 Å². The van der Waals surface area contributed by atoms with Gasteiger partial charge in [-0.3, -0.25) is 10.1 Å². The molecule has 0 saturated heterocycles. The molecule has 1 aromatic carbocycles. The maximum absolute atomic E-state index is 12.0. The fourth-order valence-corrected chi connectivity index (χ4v) is 1.86. The molecular formula is C16H18N2O5. The zero-order valence-corrected chi connectivity index (χ0v) is 12.9. The number of amides is 2. The fraction of sp³-hybridized carbons (Fsp3) is 0.250. The smallest absolute Gasteiger partial charge is 0.411 e. The number of ether oxygens (including phenoxy) is 2. The molecule has 0 atom stereocenters. The Labute approximate surface area is 133 Å². The van der Waals surface area contributed by atoms with Crippen molar-refractivity contribution in [3.8, 4) is 0 Å². The number of carbonyl (C=O) groups excluding carboxylic acids is 2. The monoisotopic (exact) mass is 318 g/mol. The van der Waals surface area contributed by atoms with Crippen molar-refractivity contribution in [3.63, 3.8) is 0 Å². The Morgan fingerprint density at radius 3 is 2.48 bits per heavy atom. The quantitative estimate of drug-likeness (QED) is 0.854. The number of anilines is 1. The van der Waals surface area contributed by atoms with Crippen LogP contribution in [0.4, 0.5) is 10.5 Å². The van der Waals surface area contributed by atoms with Crippen LogP contribution in [0.2, 0.25) is 0 Å². The molecular weight excluding hydrogens is 300 g/mol. The first-order chi connectivity index (χ1) is 11.1. The predicted octanol–water partition coefficient (Wildman–Crippen LogP) is 2.53. The number of hydrogen-bond donors (Lipinski definition) is 2. The molecule has 0 spiro atoms. The molecule has 0 unspecified atom stereocenters. The Kier molecular flexibility index (Phi) is 5.76. The van der Waals surface area contributed by atoms with Crippen molar-refractivity contribution in [2.75, 3.05) is 19.5 Å². The summed E-state index contributed by atoms with van der Waals surface area (Å²) in [7, 11) is 2.85. The Bertz CT molecular complexity index is 663. The van der Waals surface area contributed by atoms with Gasteiger partial charge in [-0.2, -0.15) is 0 Å². The van der Waals surface area contributed by atoms with E-state index in [0.29, 0.717) is 24.6 Å². The highest BCUT2D eigenvalue weighted by Crippen LogP contribution is 2.11. The molecule has 122 valence electrons. The molecule has 2 rings (SSSR count). The van der Waals surface area contributed by atoms with E-state index in [1.165, 1.54) is 7.11 Å². The molecule has 2 aromatic rings. The van der Waals surface area contributed by atoms with Gasteiger partial charge in [-0.1, -0.05) is 12.1 Å². The van der Waals surface area contributed by atoms with E-state index in [9.17, 15) is 9.59 Å². The summed E-state index contributed by atoms with van der Waals surface area (Å²) in [5, 5.41) is 5.31. The minimum atomic E-state index is -0.532. The normalized spacial score (nSPS) is 10.2. The van der Waals surface area contributed by atoms with E-state index in [1.54, 1.807) is 43.5 Å². The third-order valence-electron chi connectivity index (χ3n) is 3.01. The lowest BCUT2D eigenvalue weighted by Gasteiger charge is -2.06. The lowest BCUT2D eigenvalue weighted by Crippen LogP contribution is -2.22. The van der Waals surface area contributed by atoms with Crippen LogP contribution in [0.5, 0.6) is 0 Å². The van der Waals surface area contributed by atoms with Gasteiger partial charge < -0.3 is 19.2 Å². The Morgan fingerprint density at radius 1 is 1.09 bits per heavy atom. The SMILES string of the molecule is COCc1ccc(C(=O)NCc2ccc(NC(=O)OC)cc2)o1. The summed E-state index contributed by atoms with van der Waals surface area (Å²) in [5.41, 5.74) is 1.50. The number of rotatable bonds is 6. The largest absolute Gasteiger partial charge is 0.453 e. The van der Waals surface area contributed by atoms with Crippen molar-refractivity contribution in [2.45, 2.75) is 13.2 Å². The second-order valence-corrected chi connectivity index (χ2v) is 4.70. The molecule has 1 aromatic heterocycles. The molecule has 1 heterocycles. The van der Waals surface area contributed by atoms with Crippen molar-refractivity contribution >= 4 is 17.7 Å². The molecule has 2 N–H and O–H groups in total. The lowest BCUT2D eigenvalue weighted by molar-refractivity contribution is 0.0914. The van der Waals surface area contributed by atoms with Crippen molar-refractivity contribution in [1.29, 1.82) is 0 Å². The minimum Gasteiger partial charge on any atom is -0.453 e. The van der Waals surface area contributed by atoms with Gasteiger partial charge >= 0.3 is 6.09 Å². The van der Waals surface area contributed by atoms with Gasteiger partial charge in [0.05, 0.1) is 7.11 Å². The molecule has 0 aliphatic heterocycles. The molecule has 0 bridgehead atoms. The Balaban J connectivity index is 1.87.